The molecule has 2 aliphatic heterocycles. The Morgan fingerprint density at radius 1 is 1.44 bits per heavy atom. The summed E-state index contributed by atoms with van der Waals surface area (Å²) in [6.07, 6.45) is 5.42. The van der Waals surface area contributed by atoms with Crippen LogP contribution < -0.4 is 5.32 Å². The van der Waals surface area contributed by atoms with Gasteiger partial charge >= 0.3 is 0 Å². The summed E-state index contributed by atoms with van der Waals surface area (Å²) in [7, 11) is 0. The lowest BCUT2D eigenvalue weighted by molar-refractivity contribution is -0.123. The first-order chi connectivity index (χ1) is 7.70. The van der Waals surface area contributed by atoms with Gasteiger partial charge in [-0.3, -0.25) is 9.69 Å². The van der Waals surface area contributed by atoms with Crippen LogP contribution >= 0.6 is 0 Å². The lowest BCUT2D eigenvalue weighted by Crippen LogP contribution is -2.49. The molecule has 1 amide bonds. The van der Waals surface area contributed by atoms with Crippen LogP contribution in [0.5, 0.6) is 0 Å². The van der Waals surface area contributed by atoms with E-state index in [1.54, 1.807) is 6.08 Å². The van der Waals surface area contributed by atoms with Crippen LogP contribution in [0.4, 0.5) is 0 Å². The highest BCUT2D eigenvalue weighted by molar-refractivity contribution is 5.78. The van der Waals surface area contributed by atoms with Gasteiger partial charge < -0.3 is 10.4 Å². The van der Waals surface area contributed by atoms with Crippen LogP contribution in [-0.2, 0) is 4.79 Å². The second kappa shape index (κ2) is 4.97. The summed E-state index contributed by atoms with van der Waals surface area (Å²) >= 11 is 0. The number of amides is 1. The van der Waals surface area contributed by atoms with Crippen molar-refractivity contribution in [2.75, 3.05) is 13.1 Å². The Kier molecular flexibility index (Phi) is 3.61. The summed E-state index contributed by atoms with van der Waals surface area (Å²) in [5.41, 5.74) is 0. The van der Waals surface area contributed by atoms with E-state index in [-0.39, 0.29) is 12.0 Å². The molecular weight excluding hydrogens is 204 g/mol. The van der Waals surface area contributed by atoms with Crippen LogP contribution in [-0.4, -0.2) is 47.2 Å². The highest BCUT2D eigenvalue weighted by Crippen LogP contribution is 2.35. The second-order valence-corrected chi connectivity index (χ2v) is 4.78. The van der Waals surface area contributed by atoms with E-state index >= 15 is 0 Å². The minimum atomic E-state index is -0.162. The van der Waals surface area contributed by atoms with Gasteiger partial charge in [0.05, 0.1) is 12.6 Å². The summed E-state index contributed by atoms with van der Waals surface area (Å²) in [4.78, 5) is 13.9. The third-order valence-electron chi connectivity index (χ3n) is 3.63. The number of piperidine rings is 1. The lowest BCUT2D eigenvalue weighted by Gasteiger charge is -2.36. The minimum Gasteiger partial charge on any atom is -0.393 e. The molecule has 0 saturated carbocycles. The molecule has 2 N–H and O–H groups in total. The maximum atomic E-state index is 11.6. The smallest absolute Gasteiger partial charge is 0.234 e. The van der Waals surface area contributed by atoms with E-state index < -0.39 is 0 Å². The van der Waals surface area contributed by atoms with E-state index in [1.807, 2.05) is 0 Å². The molecule has 2 heterocycles. The van der Waals surface area contributed by atoms with Crippen molar-refractivity contribution in [2.24, 2.45) is 0 Å². The van der Waals surface area contributed by atoms with Gasteiger partial charge in [-0.2, -0.15) is 0 Å². The van der Waals surface area contributed by atoms with Crippen molar-refractivity contribution < 1.29 is 9.90 Å². The van der Waals surface area contributed by atoms with Crippen molar-refractivity contribution in [2.45, 2.75) is 43.9 Å². The predicted octanol–water partition coefficient (Wildman–Crippen LogP) is 0.276. The van der Waals surface area contributed by atoms with E-state index in [4.69, 9.17) is 0 Å². The molecule has 0 aliphatic carbocycles. The van der Waals surface area contributed by atoms with Crippen molar-refractivity contribution in [3.63, 3.8) is 0 Å². The Hall–Kier alpha value is -0.870. The van der Waals surface area contributed by atoms with Gasteiger partial charge in [0, 0.05) is 18.6 Å². The SMILES string of the molecule is C=CCNC(=O)CN1C2CCC1CC(O)C2. The Balaban J connectivity index is 1.86. The molecular formula is C12H20N2O2. The van der Waals surface area contributed by atoms with Crippen molar-refractivity contribution in [3.8, 4) is 0 Å². The van der Waals surface area contributed by atoms with Gasteiger partial charge in [-0.1, -0.05) is 6.08 Å². The van der Waals surface area contributed by atoms with E-state index in [1.165, 1.54) is 0 Å². The molecule has 0 aromatic rings. The molecule has 2 atom stereocenters. The average molecular weight is 224 g/mol. The third kappa shape index (κ3) is 2.44. The number of hydrogen-bond donors (Lipinski definition) is 2. The number of fused-ring (bicyclic) bond motifs is 2. The molecule has 2 fully saturated rings. The average Bonchev–Trinajstić information content (AvgIpc) is 2.50. The maximum absolute atomic E-state index is 11.6. The van der Waals surface area contributed by atoms with Crippen LogP contribution in [0.25, 0.3) is 0 Å². The molecule has 16 heavy (non-hydrogen) atoms. The number of carbonyl (C=O) groups excluding carboxylic acids is 1. The summed E-state index contributed by atoms with van der Waals surface area (Å²) in [5, 5.41) is 12.4. The highest BCUT2D eigenvalue weighted by Gasteiger charge is 2.40. The maximum Gasteiger partial charge on any atom is 0.234 e. The summed E-state index contributed by atoms with van der Waals surface area (Å²) in [6.45, 7) is 4.57. The summed E-state index contributed by atoms with van der Waals surface area (Å²) in [5.74, 6) is 0.0631. The molecule has 2 unspecified atom stereocenters. The zero-order valence-electron chi connectivity index (χ0n) is 9.56. The Bertz CT molecular complexity index is 266. The van der Waals surface area contributed by atoms with E-state index in [2.05, 4.69) is 16.8 Å². The fraction of sp³-hybridized carbons (Fsp3) is 0.750. The van der Waals surface area contributed by atoms with Gasteiger partial charge in [0.15, 0.2) is 0 Å². The molecule has 2 bridgehead atoms. The van der Waals surface area contributed by atoms with Gasteiger partial charge in [0.1, 0.15) is 0 Å². The van der Waals surface area contributed by atoms with Crippen molar-refractivity contribution in [1.82, 2.24) is 10.2 Å². The monoisotopic (exact) mass is 224 g/mol. The van der Waals surface area contributed by atoms with E-state index in [9.17, 15) is 9.90 Å². The molecule has 0 radical (unpaired) electrons. The van der Waals surface area contributed by atoms with Crippen LogP contribution in [0.15, 0.2) is 12.7 Å². The quantitative estimate of drug-likeness (QED) is 0.674. The fourth-order valence-electron chi connectivity index (χ4n) is 2.91. The van der Waals surface area contributed by atoms with Gasteiger partial charge in [-0.05, 0) is 25.7 Å². The van der Waals surface area contributed by atoms with Crippen molar-refractivity contribution in [1.29, 1.82) is 0 Å². The summed E-state index contributed by atoms with van der Waals surface area (Å²) < 4.78 is 0. The fourth-order valence-corrected chi connectivity index (χ4v) is 2.91. The first-order valence-corrected chi connectivity index (χ1v) is 6.02. The molecule has 0 aromatic heterocycles. The molecule has 2 saturated heterocycles. The molecule has 0 spiro atoms. The first kappa shape index (κ1) is 11.6. The number of hydrogen-bond acceptors (Lipinski definition) is 3. The standard InChI is InChI=1S/C12H20N2O2/c1-2-5-13-12(16)8-14-9-3-4-10(14)7-11(15)6-9/h2,9-11,15H,1,3-8H2,(H,13,16). The second-order valence-electron chi connectivity index (χ2n) is 4.78. The molecule has 0 aromatic carbocycles. The van der Waals surface area contributed by atoms with Gasteiger partial charge in [0.25, 0.3) is 0 Å². The van der Waals surface area contributed by atoms with Gasteiger partial charge in [0.2, 0.25) is 5.91 Å². The molecule has 90 valence electrons. The summed E-state index contributed by atoms with van der Waals surface area (Å²) in [6, 6.07) is 0.812. The topological polar surface area (TPSA) is 52.6 Å². The largest absolute Gasteiger partial charge is 0.393 e. The zero-order chi connectivity index (χ0) is 11.5. The molecule has 2 aliphatic rings. The molecule has 4 nitrogen and oxygen atoms in total. The number of aliphatic hydroxyl groups is 1. The number of aliphatic hydroxyl groups excluding tert-OH is 1. The normalized spacial score (nSPS) is 33.7. The Morgan fingerprint density at radius 3 is 2.62 bits per heavy atom. The minimum absolute atomic E-state index is 0.0631. The molecule has 4 heteroatoms. The number of nitrogens with zero attached hydrogens (tertiary/aromatic N) is 1. The van der Waals surface area contributed by atoms with E-state index in [0.717, 1.165) is 25.7 Å². The number of carbonyl (C=O) groups is 1. The van der Waals surface area contributed by atoms with Crippen LogP contribution in [0.3, 0.4) is 0 Å². The lowest BCUT2D eigenvalue weighted by atomic mass is 10.00. The third-order valence-corrected chi connectivity index (χ3v) is 3.63. The van der Waals surface area contributed by atoms with Crippen LogP contribution in [0.2, 0.25) is 0 Å². The van der Waals surface area contributed by atoms with Crippen molar-refractivity contribution >= 4 is 5.91 Å². The van der Waals surface area contributed by atoms with Crippen molar-refractivity contribution in [3.05, 3.63) is 12.7 Å². The van der Waals surface area contributed by atoms with Gasteiger partial charge in [-0.25, -0.2) is 0 Å². The Labute approximate surface area is 96.3 Å². The first-order valence-electron chi connectivity index (χ1n) is 6.02. The van der Waals surface area contributed by atoms with E-state index in [0.29, 0.717) is 25.2 Å². The zero-order valence-corrected chi connectivity index (χ0v) is 9.56. The molecule has 2 rings (SSSR count). The van der Waals surface area contributed by atoms with Gasteiger partial charge in [-0.15, -0.1) is 6.58 Å². The predicted molar refractivity (Wildman–Crippen MR) is 62.0 cm³/mol. The Morgan fingerprint density at radius 2 is 2.06 bits per heavy atom. The van der Waals surface area contributed by atoms with Crippen LogP contribution in [0, 0.1) is 0 Å². The number of nitrogens with one attached hydrogen (secondary N) is 1. The highest BCUT2D eigenvalue weighted by atomic mass is 16.3. The number of rotatable bonds is 4. The van der Waals surface area contributed by atoms with Crippen LogP contribution in [0.1, 0.15) is 25.7 Å².